The lowest BCUT2D eigenvalue weighted by molar-refractivity contribution is 0.163. The molecule has 0 saturated carbocycles. The number of hydrogen-bond donors (Lipinski definition) is 2. The first-order valence-electron chi connectivity index (χ1n) is 7.48. The van der Waals surface area contributed by atoms with Crippen molar-refractivity contribution in [2.24, 2.45) is 0 Å². The first-order valence-corrected chi connectivity index (χ1v) is 7.48. The Hall–Kier alpha value is -2.07. The molecule has 0 fully saturated rings. The van der Waals surface area contributed by atoms with E-state index in [0.29, 0.717) is 12.8 Å². The molecule has 0 aromatic heterocycles. The Labute approximate surface area is 130 Å². The second kappa shape index (κ2) is 8.39. The zero-order chi connectivity index (χ0) is 15.8. The summed E-state index contributed by atoms with van der Waals surface area (Å²) in [6.45, 7) is 0.798. The van der Waals surface area contributed by atoms with Crippen molar-refractivity contribution in [3.63, 3.8) is 0 Å². The molecule has 118 valence electrons. The van der Waals surface area contributed by atoms with Gasteiger partial charge in [0, 0.05) is 12.2 Å². The van der Waals surface area contributed by atoms with Crippen LogP contribution in [0.1, 0.15) is 18.4 Å². The lowest BCUT2D eigenvalue weighted by Crippen LogP contribution is -2.13. The average molecular weight is 303 g/mol. The Morgan fingerprint density at radius 2 is 1.77 bits per heavy atom. The molecule has 0 amide bonds. The molecule has 2 rings (SSSR count). The fraction of sp³-hybridized carbons (Fsp3) is 0.333. The summed E-state index contributed by atoms with van der Waals surface area (Å²) in [4.78, 5) is 0. The summed E-state index contributed by atoms with van der Waals surface area (Å²) in [5.74, 6) is 0.585. The lowest BCUT2D eigenvalue weighted by Gasteiger charge is -2.12. The minimum Gasteiger partial charge on any atom is -0.497 e. The number of rotatable bonds is 8. The Kier molecular flexibility index (Phi) is 6.22. The highest BCUT2D eigenvalue weighted by Crippen LogP contribution is 2.15. The predicted octanol–water partition coefficient (Wildman–Crippen LogP) is 3.63. The van der Waals surface area contributed by atoms with Gasteiger partial charge in [-0.15, -0.1) is 0 Å². The largest absolute Gasteiger partial charge is 0.497 e. The summed E-state index contributed by atoms with van der Waals surface area (Å²) in [6.07, 6.45) is 1.74. The monoisotopic (exact) mass is 303 g/mol. The van der Waals surface area contributed by atoms with E-state index in [4.69, 9.17) is 4.74 Å². The zero-order valence-corrected chi connectivity index (χ0v) is 12.8. The number of anilines is 1. The maximum absolute atomic E-state index is 12.8. The highest BCUT2D eigenvalue weighted by Gasteiger charge is 2.05. The van der Waals surface area contributed by atoms with Crippen LogP contribution in [0.5, 0.6) is 5.75 Å². The van der Waals surface area contributed by atoms with Gasteiger partial charge < -0.3 is 15.2 Å². The molecule has 2 N–H and O–H groups in total. The van der Waals surface area contributed by atoms with Crippen molar-refractivity contribution in [1.82, 2.24) is 0 Å². The third kappa shape index (κ3) is 5.37. The standard InChI is InChI=1S/C18H22FNO2/c1-22-18-10-8-16(9-11-18)20-12-2-3-17(21)13-14-4-6-15(19)7-5-14/h4-11,17,20-21H,2-3,12-13H2,1H3. The normalized spacial score (nSPS) is 12.0. The second-order valence-corrected chi connectivity index (χ2v) is 5.28. The van der Waals surface area contributed by atoms with Crippen molar-refractivity contribution in [2.45, 2.75) is 25.4 Å². The first kappa shape index (κ1) is 16.3. The van der Waals surface area contributed by atoms with Crippen LogP contribution >= 0.6 is 0 Å². The van der Waals surface area contributed by atoms with Crippen molar-refractivity contribution >= 4 is 5.69 Å². The molecular formula is C18H22FNO2. The lowest BCUT2D eigenvalue weighted by atomic mass is 10.0. The summed E-state index contributed by atoms with van der Waals surface area (Å²) in [6, 6.07) is 14.0. The molecule has 0 bridgehead atoms. The number of ether oxygens (including phenoxy) is 1. The molecule has 3 nitrogen and oxygen atoms in total. The van der Waals surface area contributed by atoms with Crippen LogP contribution < -0.4 is 10.1 Å². The maximum atomic E-state index is 12.8. The van der Waals surface area contributed by atoms with Crippen molar-refractivity contribution < 1.29 is 14.2 Å². The van der Waals surface area contributed by atoms with Gasteiger partial charge in [-0.2, -0.15) is 0 Å². The van der Waals surface area contributed by atoms with E-state index in [1.54, 1.807) is 19.2 Å². The fourth-order valence-corrected chi connectivity index (χ4v) is 2.27. The summed E-state index contributed by atoms with van der Waals surface area (Å²) < 4.78 is 17.9. The van der Waals surface area contributed by atoms with Crippen molar-refractivity contribution in [3.05, 3.63) is 59.9 Å². The number of aliphatic hydroxyl groups is 1. The van der Waals surface area contributed by atoms with E-state index in [2.05, 4.69) is 5.32 Å². The van der Waals surface area contributed by atoms with Crippen LogP contribution in [0.15, 0.2) is 48.5 Å². The van der Waals surface area contributed by atoms with Crippen LogP contribution in [-0.2, 0) is 6.42 Å². The van der Waals surface area contributed by atoms with Gasteiger partial charge in [0.1, 0.15) is 11.6 Å². The number of aliphatic hydroxyl groups excluding tert-OH is 1. The quantitative estimate of drug-likeness (QED) is 0.732. The number of hydrogen-bond acceptors (Lipinski definition) is 3. The van der Waals surface area contributed by atoms with Crippen LogP contribution in [0.25, 0.3) is 0 Å². The third-order valence-electron chi connectivity index (χ3n) is 3.52. The molecule has 1 unspecified atom stereocenters. The predicted molar refractivity (Wildman–Crippen MR) is 86.8 cm³/mol. The van der Waals surface area contributed by atoms with Gasteiger partial charge in [-0.3, -0.25) is 0 Å². The molecule has 0 aliphatic rings. The van der Waals surface area contributed by atoms with Gasteiger partial charge >= 0.3 is 0 Å². The molecule has 22 heavy (non-hydrogen) atoms. The highest BCUT2D eigenvalue weighted by atomic mass is 19.1. The molecule has 2 aromatic carbocycles. The molecule has 0 aliphatic carbocycles. The molecule has 0 radical (unpaired) electrons. The number of nitrogens with one attached hydrogen (secondary N) is 1. The minimum absolute atomic E-state index is 0.248. The maximum Gasteiger partial charge on any atom is 0.123 e. The molecular weight excluding hydrogens is 281 g/mol. The molecule has 2 aromatic rings. The molecule has 0 saturated heterocycles. The Balaban J connectivity index is 1.66. The fourth-order valence-electron chi connectivity index (χ4n) is 2.27. The van der Waals surface area contributed by atoms with E-state index in [9.17, 15) is 9.50 Å². The van der Waals surface area contributed by atoms with E-state index in [1.165, 1.54) is 12.1 Å². The zero-order valence-electron chi connectivity index (χ0n) is 12.8. The van der Waals surface area contributed by atoms with E-state index in [-0.39, 0.29) is 5.82 Å². The van der Waals surface area contributed by atoms with Gasteiger partial charge in [-0.05, 0) is 61.2 Å². The molecule has 0 aliphatic heterocycles. The number of benzene rings is 2. The van der Waals surface area contributed by atoms with Crippen molar-refractivity contribution in [3.8, 4) is 5.75 Å². The molecule has 1 atom stereocenters. The molecule has 0 heterocycles. The molecule has 4 heteroatoms. The molecule has 0 spiro atoms. The summed E-state index contributed by atoms with van der Waals surface area (Å²) in [5.41, 5.74) is 1.99. The van der Waals surface area contributed by atoms with E-state index in [0.717, 1.165) is 30.0 Å². The first-order chi connectivity index (χ1) is 10.7. The Morgan fingerprint density at radius 3 is 2.41 bits per heavy atom. The highest BCUT2D eigenvalue weighted by molar-refractivity contribution is 5.46. The van der Waals surface area contributed by atoms with E-state index >= 15 is 0 Å². The van der Waals surface area contributed by atoms with Gasteiger partial charge in [0.2, 0.25) is 0 Å². The Morgan fingerprint density at radius 1 is 1.09 bits per heavy atom. The SMILES string of the molecule is COc1ccc(NCCCC(O)Cc2ccc(F)cc2)cc1. The average Bonchev–Trinajstić information content (AvgIpc) is 2.54. The van der Waals surface area contributed by atoms with Crippen molar-refractivity contribution in [1.29, 1.82) is 0 Å². The van der Waals surface area contributed by atoms with Crippen LogP contribution in [0.4, 0.5) is 10.1 Å². The van der Waals surface area contributed by atoms with Gasteiger partial charge in [0.05, 0.1) is 13.2 Å². The summed E-state index contributed by atoms with van der Waals surface area (Å²) in [7, 11) is 1.64. The van der Waals surface area contributed by atoms with Gasteiger partial charge in [-0.1, -0.05) is 12.1 Å². The minimum atomic E-state index is -0.400. The second-order valence-electron chi connectivity index (χ2n) is 5.28. The summed E-state index contributed by atoms with van der Waals surface area (Å²) in [5, 5.41) is 13.3. The van der Waals surface area contributed by atoms with Crippen LogP contribution in [0.2, 0.25) is 0 Å². The van der Waals surface area contributed by atoms with Crippen LogP contribution in [0, 0.1) is 5.82 Å². The number of methoxy groups -OCH3 is 1. The van der Waals surface area contributed by atoms with Gasteiger partial charge in [-0.25, -0.2) is 4.39 Å². The van der Waals surface area contributed by atoms with E-state index in [1.807, 2.05) is 24.3 Å². The topological polar surface area (TPSA) is 41.5 Å². The third-order valence-corrected chi connectivity index (χ3v) is 3.52. The van der Waals surface area contributed by atoms with Crippen LogP contribution in [0.3, 0.4) is 0 Å². The van der Waals surface area contributed by atoms with E-state index < -0.39 is 6.10 Å². The number of halogens is 1. The Bertz CT molecular complexity index is 554. The van der Waals surface area contributed by atoms with Crippen LogP contribution in [-0.4, -0.2) is 24.9 Å². The van der Waals surface area contributed by atoms with Gasteiger partial charge in [0.15, 0.2) is 0 Å². The smallest absolute Gasteiger partial charge is 0.123 e. The van der Waals surface area contributed by atoms with Crippen molar-refractivity contribution in [2.75, 3.05) is 19.0 Å². The summed E-state index contributed by atoms with van der Waals surface area (Å²) >= 11 is 0. The van der Waals surface area contributed by atoms with Gasteiger partial charge in [0.25, 0.3) is 0 Å².